The fourth-order valence-corrected chi connectivity index (χ4v) is 4.09. The molecule has 41 heavy (non-hydrogen) atoms. The van der Waals surface area contributed by atoms with Crippen molar-refractivity contribution < 1.29 is 49.0 Å². The van der Waals surface area contributed by atoms with Gasteiger partial charge in [-0.05, 0) is 36.2 Å². The number of aromatic nitrogens is 1. The van der Waals surface area contributed by atoms with Gasteiger partial charge >= 0.3 is 17.9 Å². The highest BCUT2D eigenvalue weighted by molar-refractivity contribution is 5.88. The van der Waals surface area contributed by atoms with Gasteiger partial charge in [-0.25, -0.2) is 4.79 Å². The second-order valence-corrected chi connectivity index (χ2v) is 9.21. The maximum atomic E-state index is 10.3. The fourth-order valence-electron chi connectivity index (χ4n) is 4.09. The summed E-state index contributed by atoms with van der Waals surface area (Å²) in [6.07, 6.45) is 1.38. The summed E-state index contributed by atoms with van der Waals surface area (Å²) < 4.78 is 17.0. The summed E-state index contributed by atoms with van der Waals surface area (Å²) in [6, 6.07) is 18.6. The molecule has 0 radical (unpaired) electrons. The molecular formula is C29H32N2O10. The number of aliphatic carboxylic acids is 3. The topological polar surface area (TPSA) is 176 Å². The summed E-state index contributed by atoms with van der Waals surface area (Å²) in [4.78, 5) is 37.0. The minimum atomic E-state index is -2.74. The van der Waals surface area contributed by atoms with Crippen molar-refractivity contribution in [2.75, 3.05) is 13.4 Å². The maximum absolute atomic E-state index is 10.3. The van der Waals surface area contributed by atoms with Gasteiger partial charge in [-0.3, -0.25) is 19.5 Å². The molecule has 0 saturated carbocycles. The highest BCUT2D eigenvalue weighted by Crippen LogP contribution is 2.39. The lowest BCUT2D eigenvalue weighted by molar-refractivity contribution is -0.170. The first-order valence-electron chi connectivity index (χ1n) is 12.7. The molecule has 218 valence electrons. The molecule has 3 aromatic rings. The van der Waals surface area contributed by atoms with Gasteiger partial charge < -0.3 is 34.6 Å². The van der Waals surface area contributed by atoms with E-state index >= 15 is 0 Å². The molecule has 4 rings (SSSR count). The van der Waals surface area contributed by atoms with Crippen LogP contribution in [0.15, 0.2) is 67.0 Å². The molecule has 0 fully saturated rings. The van der Waals surface area contributed by atoms with Gasteiger partial charge in [-0.15, -0.1) is 0 Å². The van der Waals surface area contributed by atoms with E-state index in [2.05, 4.69) is 46.3 Å². The van der Waals surface area contributed by atoms with Crippen LogP contribution in [0.5, 0.6) is 17.2 Å². The molecule has 12 nitrogen and oxygen atoms in total. The lowest BCUT2D eigenvalue weighted by atomic mass is 9.96. The van der Waals surface area contributed by atoms with E-state index in [1.165, 1.54) is 11.1 Å². The van der Waals surface area contributed by atoms with E-state index in [0.717, 1.165) is 42.4 Å². The van der Waals surface area contributed by atoms with Crippen LogP contribution in [-0.4, -0.2) is 67.2 Å². The summed E-state index contributed by atoms with van der Waals surface area (Å²) in [5.74, 6) is -2.65. The molecule has 4 N–H and O–H groups in total. The lowest BCUT2D eigenvalue weighted by Crippen LogP contribution is -2.42. The average Bonchev–Trinajstić information content (AvgIpc) is 3.37. The Morgan fingerprint density at radius 1 is 0.878 bits per heavy atom. The van der Waals surface area contributed by atoms with Crippen molar-refractivity contribution in [1.29, 1.82) is 0 Å². The highest BCUT2D eigenvalue weighted by atomic mass is 16.7. The summed E-state index contributed by atoms with van der Waals surface area (Å²) in [5.41, 5.74) is 0.855. The van der Waals surface area contributed by atoms with E-state index in [9.17, 15) is 14.4 Å². The SMILES string of the molecule is CCOc1cc2c(cc1CN(Cc1ccccc1)Cc1ccncc1)OCO2.O=C(O)CC(O)(CC(=O)O)C(=O)O. The number of hydrogen-bond acceptors (Lipinski definition) is 9. The molecule has 0 aliphatic carbocycles. The van der Waals surface area contributed by atoms with Crippen molar-refractivity contribution in [3.8, 4) is 17.2 Å². The molecule has 2 aromatic carbocycles. The van der Waals surface area contributed by atoms with Crippen molar-refractivity contribution in [2.24, 2.45) is 0 Å². The van der Waals surface area contributed by atoms with E-state index in [-0.39, 0.29) is 6.79 Å². The highest BCUT2D eigenvalue weighted by Gasteiger charge is 2.40. The number of ether oxygens (including phenoxy) is 3. The normalized spacial score (nSPS) is 11.9. The Morgan fingerprint density at radius 2 is 1.44 bits per heavy atom. The molecule has 0 bridgehead atoms. The molecular weight excluding hydrogens is 536 g/mol. The maximum Gasteiger partial charge on any atom is 0.336 e. The van der Waals surface area contributed by atoms with Gasteiger partial charge in [0.25, 0.3) is 0 Å². The van der Waals surface area contributed by atoms with Crippen LogP contribution >= 0.6 is 0 Å². The van der Waals surface area contributed by atoms with Crippen LogP contribution < -0.4 is 14.2 Å². The quantitative estimate of drug-likeness (QED) is 0.237. The van der Waals surface area contributed by atoms with Crippen molar-refractivity contribution in [3.05, 3.63) is 83.7 Å². The van der Waals surface area contributed by atoms with Gasteiger partial charge in [0, 0.05) is 43.7 Å². The zero-order chi connectivity index (χ0) is 29.8. The van der Waals surface area contributed by atoms with Gasteiger partial charge in [0.1, 0.15) is 5.75 Å². The Bertz CT molecular complexity index is 1260. The molecule has 0 saturated heterocycles. The molecule has 0 amide bonds. The number of fused-ring (bicyclic) bond motifs is 1. The summed E-state index contributed by atoms with van der Waals surface area (Å²) in [5, 5.41) is 33.8. The Morgan fingerprint density at radius 3 is 1.98 bits per heavy atom. The smallest absolute Gasteiger partial charge is 0.336 e. The van der Waals surface area contributed by atoms with Gasteiger partial charge in [0.15, 0.2) is 17.1 Å². The minimum absolute atomic E-state index is 0.259. The summed E-state index contributed by atoms with van der Waals surface area (Å²) >= 11 is 0. The van der Waals surface area contributed by atoms with Crippen LogP contribution in [0, 0.1) is 0 Å². The monoisotopic (exact) mass is 568 g/mol. The standard InChI is InChI=1S/C23H24N2O3.C6H8O7/c1-2-26-21-13-23-22(27-17-28-23)12-20(21)16-25(14-18-6-4-3-5-7-18)15-19-8-10-24-11-9-19;7-3(8)1-6(13,5(11)12)2-4(9)10/h3-13H,2,14-17H2,1H3;13H,1-2H2,(H,7,8)(H,9,10)(H,11,12). The molecule has 1 aliphatic heterocycles. The lowest BCUT2D eigenvalue weighted by Gasteiger charge is -2.24. The van der Waals surface area contributed by atoms with Crippen LogP contribution in [0.2, 0.25) is 0 Å². The third-order valence-electron chi connectivity index (χ3n) is 5.94. The number of aliphatic hydroxyl groups is 1. The van der Waals surface area contributed by atoms with Crippen molar-refractivity contribution in [1.82, 2.24) is 9.88 Å². The van der Waals surface area contributed by atoms with Gasteiger partial charge in [-0.2, -0.15) is 0 Å². The second kappa shape index (κ2) is 14.6. The Hall–Kier alpha value is -4.68. The molecule has 0 spiro atoms. The number of carboxylic acids is 3. The Kier molecular flexibility index (Phi) is 11.0. The predicted octanol–water partition coefficient (Wildman–Crippen LogP) is 3.16. The first-order valence-corrected chi connectivity index (χ1v) is 12.7. The van der Waals surface area contributed by atoms with Gasteiger partial charge in [-0.1, -0.05) is 30.3 Å². The van der Waals surface area contributed by atoms with Gasteiger partial charge in [0.2, 0.25) is 6.79 Å². The van der Waals surface area contributed by atoms with Crippen LogP contribution in [0.25, 0.3) is 0 Å². The number of benzene rings is 2. The molecule has 0 unspecified atom stereocenters. The Balaban J connectivity index is 0.000000302. The average molecular weight is 569 g/mol. The molecule has 1 aliphatic rings. The van der Waals surface area contributed by atoms with Crippen molar-refractivity contribution in [2.45, 2.75) is 45.0 Å². The fraction of sp³-hybridized carbons (Fsp3) is 0.310. The number of carboxylic acid groups (broad SMARTS) is 3. The van der Waals surface area contributed by atoms with E-state index < -0.39 is 36.4 Å². The van der Waals surface area contributed by atoms with Gasteiger partial charge in [0.05, 0.1) is 19.4 Å². The van der Waals surface area contributed by atoms with E-state index in [4.69, 9.17) is 34.6 Å². The molecule has 1 aromatic heterocycles. The zero-order valence-electron chi connectivity index (χ0n) is 22.4. The number of hydrogen-bond donors (Lipinski definition) is 4. The first kappa shape index (κ1) is 30.9. The molecule has 0 atom stereocenters. The van der Waals surface area contributed by atoms with Crippen LogP contribution in [-0.2, 0) is 34.0 Å². The third-order valence-corrected chi connectivity index (χ3v) is 5.94. The predicted molar refractivity (Wildman–Crippen MR) is 144 cm³/mol. The minimum Gasteiger partial charge on any atom is -0.493 e. The van der Waals surface area contributed by atoms with Crippen LogP contribution in [0.3, 0.4) is 0 Å². The van der Waals surface area contributed by atoms with E-state index in [1.54, 1.807) is 0 Å². The van der Waals surface area contributed by atoms with Crippen LogP contribution in [0.4, 0.5) is 0 Å². The number of rotatable bonds is 13. The zero-order valence-corrected chi connectivity index (χ0v) is 22.4. The number of carbonyl (C=O) groups is 3. The number of pyridine rings is 1. The van der Waals surface area contributed by atoms with Crippen molar-refractivity contribution >= 4 is 17.9 Å². The summed E-state index contributed by atoms with van der Waals surface area (Å²) in [6.45, 7) is 5.25. The van der Waals surface area contributed by atoms with E-state index in [1.807, 2.05) is 37.5 Å². The Labute approximate surface area is 236 Å². The van der Waals surface area contributed by atoms with E-state index in [0.29, 0.717) is 6.61 Å². The third kappa shape index (κ3) is 9.48. The van der Waals surface area contributed by atoms with Crippen LogP contribution in [0.1, 0.15) is 36.5 Å². The largest absolute Gasteiger partial charge is 0.493 e. The number of nitrogens with zero attached hydrogens (tertiary/aromatic N) is 2. The van der Waals surface area contributed by atoms with Crippen molar-refractivity contribution in [3.63, 3.8) is 0 Å². The first-order chi connectivity index (χ1) is 19.6. The molecule has 12 heteroatoms. The molecule has 2 heterocycles. The second-order valence-electron chi connectivity index (χ2n) is 9.21. The summed E-state index contributed by atoms with van der Waals surface area (Å²) in [7, 11) is 0.